The fourth-order valence-electron chi connectivity index (χ4n) is 1.88. The van der Waals surface area contributed by atoms with Crippen LogP contribution in [-0.4, -0.2) is 45.3 Å². The van der Waals surface area contributed by atoms with Crippen LogP contribution in [0.15, 0.2) is 9.59 Å². The fraction of sp³-hybridized carbons (Fsp3) is 0.727. The number of rotatable bonds is 6. The van der Waals surface area contributed by atoms with Gasteiger partial charge in [-0.2, -0.15) is 0 Å². The Balaban J connectivity index is 2.55. The van der Waals surface area contributed by atoms with Crippen molar-refractivity contribution in [1.82, 2.24) is 20.1 Å². The van der Waals surface area contributed by atoms with Gasteiger partial charge in [-0.05, 0) is 27.7 Å². The molecule has 7 nitrogen and oxygen atoms in total. The van der Waals surface area contributed by atoms with Gasteiger partial charge in [0.25, 0.3) is 5.56 Å². The van der Waals surface area contributed by atoms with Crippen molar-refractivity contribution in [1.29, 1.82) is 0 Å². The predicted molar refractivity (Wildman–Crippen MR) is 70.9 cm³/mol. The molecule has 0 fully saturated rings. The minimum atomic E-state index is -0.600. The third-order valence-electron chi connectivity index (χ3n) is 2.70. The molecule has 1 aromatic heterocycles. The second-order valence-electron chi connectivity index (χ2n) is 4.71. The van der Waals surface area contributed by atoms with E-state index in [-0.39, 0.29) is 5.82 Å². The molecule has 102 valence electrons. The molecule has 1 rings (SSSR count). The van der Waals surface area contributed by atoms with Crippen molar-refractivity contribution >= 4 is 5.82 Å². The number of H-pyrrole nitrogens is 2. The molecular formula is C11H21N5O2. The molecule has 0 unspecified atom stereocenters. The maximum Gasteiger partial charge on any atom is 0.342 e. The van der Waals surface area contributed by atoms with E-state index in [2.05, 4.69) is 53.1 Å². The van der Waals surface area contributed by atoms with E-state index in [0.717, 1.165) is 6.54 Å². The summed E-state index contributed by atoms with van der Waals surface area (Å²) in [7, 11) is 0. The third kappa shape index (κ3) is 3.99. The van der Waals surface area contributed by atoms with Crippen LogP contribution >= 0.6 is 0 Å². The first-order valence-corrected chi connectivity index (χ1v) is 6.10. The van der Waals surface area contributed by atoms with Gasteiger partial charge < -0.3 is 5.32 Å². The number of aromatic nitrogens is 3. The predicted octanol–water partition coefficient (Wildman–Crippen LogP) is -0.0111. The Kier molecular flexibility index (Phi) is 5.08. The van der Waals surface area contributed by atoms with Gasteiger partial charge in [0.15, 0.2) is 0 Å². The first-order valence-electron chi connectivity index (χ1n) is 6.10. The molecule has 0 aliphatic heterocycles. The molecular weight excluding hydrogens is 234 g/mol. The van der Waals surface area contributed by atoms with E-state index in [4.69, 9.17) is 0 Å². The zero-order valence-electron chi connectivity index (χ0n) is 11.3. The molecule has 0 amide bonds. The maximum atomic E-state index is 11.4. The average molecular weight is 255 g/mol. The Hall–Kier alpha value is -1.63. The maximum absolute atomic E-state index is 11.4. The van der Waals surface area contributed by atoms with E-state index in [1.165, 1.54) is 0 Å². The minimum Gasteiger partial charge on any atom is -0.363 e. The lowest BCUT2D eigenvalue weighted by Crippen LogP contribution is -2.40. The number of nitrogens with one attached hydrogen (secondary N) is 3. The van der Waals surface area contributed by atoms with Crippen LogP contribution in [-0.2, 0) is 0 Å². The van der Waals surface area contributed by atoms with E-state index in [0.29, 0.717) is 18.6 Å². The van der Waals surface area contributed by atoms with Gasteiger partial charge in [-0.25, -0.2) is 9.89 Å². The van der Waals surface area contributed by atoms with Crippen LogP contribution in [0.3, 0.4) is 0 Å². The summed E-state index contributed by atoms with van der Waals surface area (Å²) < 4.78 is 0. The average Bonchev–Trinajstić information content (AvgIpc) is 2.25. The van der Waals surface area contributed by atoms with Crippen molar-refractivity contribution in [3.05, 3.63) is 20.8 Å². The van der Waals surface area contributed by atoms with E-state index < -0.39 is 11.2 Å². The summed E-state index contributed by atoms with van der Waals surface area (Å²) in [5, 5.41) is 8.75. The highest BCUT2D eigenvalue weighted by Crippen LogP contribution is 2.03. The number of aromatic amines is 2. The molecule has 0 spiro atoms. The van der Waals surface area contributed by atoms with Crippen molar-refractivity contribution in [3.63, 3.8) is 0 Å². The molecule has 1 heterocycles. The van der Waals surface area contributed by atoms with Gasteiger partial charge in [0.05, 0.1) is 0 Å². The molecule has 7 heteroatoms. The molecule has 0 aliphatic rings. The topological polar surface area (TPSA) is 93.9 Å². The molecule has 0 saturated heterocycles. The highest BCUT2D eigenvalue weighted by Gasteiger charge is 2.12. The highest BCUT2D eigenvalue weighted by atomic mass is 16.2. The summed E-state index contributed by atoms with van der Waals surface area (Å²) in [6.07, 6.45) is 0. The van der Waals surface area contributed by atoms with Crippen molar-refractivity contribution < 1.29 is 0 Å². The Morgan fingerprint density at radius 3 is 2.33 bits per heavy atom. The minimum absolute atomic E-state index is 0.141. The van der Waals surface area contributed by atoms with Gasteiger partial charge in [-0.15, -0.1) is 5.10 Å². The number of hydrogen-bond donors (Lipinski definition) is 3. The summed E-state index contributed by atoms with van der Waals surface area (Å²) in [6.45, 7) is 9.92. The lowest BCUT2D eigenvalue weighted by molar-refractivity contribution is 0.182. The van der Waals surface area contributed by atoms with Gasteiger partial charge in [0, 0.05) is 25.2 Å². The van der Waals surface area contributed by atoms with Gasteiger partial charge in [0.1, 0.15) is 0 Å². The van der Waals surface area contributed by atoms with Crippen LogP contribution in [0.4, 0.5) is 5.82 Å². The van der Waals surface area contributed by atoms with E-state index in [1.807, 2.05) is 0 Å². The Morgan fingerprint density at radius 2 is 1.83 bits per heavy atom. The number of hydrogen-bond acceptors (Lipinski definition) is 5. The van der Waals surface area contributed by atoms with Crippen molar-refractivity contribution in [2.75, 3.05) is 18.4 Å². The normalized spacial score (nSPS) is 11.5. The molecule has 0 aliphatic carbocycles. The molecule has 18 heavy (non-hydrogen) atoms. The van der Waals surface area contributed by atoms with E-state index >= 15 is 0 Å². The van der Waals surface area contributed by atoms with Crippen LogP contribution in [0, 0.1) is 0 Å². The lowest BCUT2D eigenvalue weighted by Gasteiger charge is -2.30. The molecule has 0 aromatic carbocycles. The van der Waals surface area contributed by atoms with E-state index in [1.54, 1.807) is 0 Å². The van der Waals surface area contributed by atoms with Gasteiger partial charge >= 0.3 is 5.69 Å². The van der Waals surface area contributed by atoms with Crippen molar-refractivity contribution in [3.8, 4) is 0 Å². The Bertz CT molecular complexity index is 469. The zero-order valence-corrected chi connectivity index (χ0v) is 11.3. The first-order chi connectivity index (χ1) is 8.41. The van der Waals surface area contributed by atoms with Gasteiger partial charge in [-0.1, -0.05) is 0 Å². The molecule has 0 bridgehead atoms. The summed E-state index contributed by atoms with van der Waals surface area (Å²) in [6, 6.07) is 0.877. The molecule has 0 saturated carbocycles. The zero-order chi connectivity index (χ0) is 13.7. The smallest absolute Gasteiger partial charge is 0.342 e. The summed E-state index contributed by atoms with van der Waals surface area (Å²) in [4.78, 5) is 26.6. The summed E-state index contributed by atoms with van der Waals surface area (Å²) >= 11 is 0. The largest absolute Gasteiger partial charge is 0.363 e. The SMILES string of the molecule is CC(C)N(CCNc1n[nH]c(=O)[nH]c1=O)C(C)C. The Morgan fingerprint density at radius 1 is 1.22 bits per heavy atom. The quantitative estimate of drug-likeness (QED) is 0.664. The highest BCUT2D eigenvalue weighted by molar-refractivity contribution is 5.28. The van der Waals surface area contributed by atoms with Crippen LogP contribution in [0.25, 0.3) is 0 Å². The standard InChI is InChI=1S/C11H21N5O2/c1-7(2)16(8(3)4)6-5-12-9-10(17)13-11(18)15-14-9/h7-8H,5-6H2,1-4H3,(H,12,14)(H2,13,15,17,18). The van der Waals surface area contributed by atoms with Crippen LogP contribution < -0.4 is 16.6 Å². The molecule has 3 N–H and O–H groups in total. The summed E-state index contributed by atoms with van der Waals surface area (Å²) in [5.41, 5.74) is -1.10. The Labute approximate surface area is 106 Å². The van der Waals surface area contributed by atoms with Gasteiger partial charge in [-0.3, -0.25) is 14.7 Å². The fourth-order valence-corrected chi connectivity index (χ4v) is 1.88. The summed E-state index contributed by atoms with van der Waals surface area (Å²) in [5.74, 6) is 0.141. The first kappa shape index (κ1) is 14.4. The monoisotopic (exact) mass is 255 g/mol. The van der Waals surface area contributed by atoms with Gasteiger partial charge in [0.2, 0.25) is 5.82 Å². The van der Waals surface area contributed by atoms with Crippen molar-refractivity contribution in [2.24, 2.45) is 0 Å². The van der Waals surface area contributed by atoms with E-state index in [9.17, 15) is 9.59 Å². The van der Waals surface area contributed by atoms with Crippen molar-refractivity contribution in [2.45, 2.75) is 39.8 Å². The molecule has 1 aromatic rings. The van der Waals surface area contributed by atoms with Crippen LogP contribution in [0.1, 0.15) is 27.7 Å². The number of anilines is 1. The molecule has 0 radical (unpaired) electrons. The second-order valence-corrected chi connectivity index (χ2v) is 4.71. The van der Waals surface area contributed by atoms with Crippen LogP contribution in [0.2, 0.25) is 0 Å². The second kappa shape index (κ2) is 6.34. The molecule has 0 atom stereocenters. The number of nitrogens with zero attached hydrogens (tertiary/aromatic N) is 2. The lowest BCUT2D eigenvalue weighted by atomic mass is 10.2. The third-order valence-corrected chi connectivity index (χ3v) is 2.70. The van der Waals surface area contributed by atoms with Crippen LogP contribution in [0.5, 0.6) is 0 Å².